The molecule has 2 atom stereocenters. The fraction of sp³-hybridized carbons (Fsp3) is 0.160. The molecule has 0 heterocycles. The predicted octanol–water partition coefficient (Wildman–Crippen LogP) is 7.53. The van der Waals surface area contributed by atoms with Crippen LogP contribution in [0.1, 0.15) is 21.8 Å². The van der Waals surface area contributed by atoms with E-state index in [9.17, 15) is 40.7 Å². The van der Waals surface area contributed by atoms with Crippen LogP contribution in [0.15, 0.2) is 42.5 Å². The first-order chi connectivity index (χ1) is 19.1. The van der Waals surface area contributed by atoms with Crippen molar-refractivity contribution in [2.24, 2.45) is 5.92 Å². The molecule has 0 aromatic heterocycles. The molecule has 1 fully saturated rings. The first kappa shape index (κ1) is 30.8. The van der Waals surface area contributed by atoms with Gasteiger partial charge in [0.05, 0.1) is 27.2 Å². The van der Waals surface area contributed by atoms with Crippen LogP contribution in [-0.2, 0) is 9.59 Å². The topological polar surface area (TPSA) is 87.3 Å². The Morgan fingerprint density at radius 2 is 1.49 bits per heavy atom. The molecule has 1 aliphatic carbocycles. The zero-order valence-electron chi connectivity index (χ0n) is 19.8. The van der Waals surface area contributed by atoms with Gasteiger partial charge in [-0.1, -0.05) is 29.3 Å². The van der Waals surface area contributed by atoms with Gasteiger partial charge in [-0.15, -0.1) is 23.2 Å². The number of hydrogen-bond acceptors (Lipinski definition) is 3. The van der Waals surface area contributed by atoms with Gasteiger partial charge < -0.3 is 16.0 Å². The molecule has 0 unspecified atom stereocenters. The van der Waals surface area contributed by atoms with Crippen molar-refractivity contribution in [3.8, 4) is 0 Å². The third kappa shape index (κ3) is 6.20. The molecule has 0 spiro atoms. The first-order valence-electron chi connectivity index (χ1n) is 11.1. The average Bonchev–Trinajstić information content (AvgIpc) is 3.48. The molecule has 0 aliphatic heterocycles. The lowest BCUT2D eigenvalue weighted by molar-refractivity contribution is -0.126. The van der Waals surface area contributed by atoms with Gasteiger partial charge in [-0.3, -0.25) is 14.4 Å². The van der Waals surface area contributed by atoms with E-state index in [0.717, 1.165) is 18.2 Å². The molecule has 3 aromatic carbocycles. The van der Waals surface area contributed by atoms with E-state index in [1.165, 1.54) is 17.4 Å². The molecule has 0 bridgehead atoms. The third-order valence-corrected chi connectivity index (χ3v) is 7.58. The minimum absolute atomic E-state index is 0.228. The Morgan fingerprint density at radius 1 is 0.829 bits per heavy atom. The number of alkyl halides is 4. The molecule has 0 saturated heterocycles. The van der Waals surface area contributed by atoms with E-state index in [4.69, 9.17) is 46.4 Å². The molecule has 41 heavy (non-hydrogen) atoms. The number of carbonyl (C=O) groups is 3. The molecule has 16 heteroatoms. The summed E-state index contributed by atoms with van der Waals surface area (Å²) in [4.78, 5) is 36.9. The summed E-state index contributed by atoms with van der Waals surface area (Å²) < 4.78 is 80.2. The van der Waals surface area contributed by atoms with E-state index in [1.54, 1.807) is 0 Å². The van der Waals surface area contributed by atoms with Crippen molar-refractivity contribution in [1.82, 2.24) is 0 Å². The van der Waals surface area contributed by atoms with Crippen LogP contribution >= 0.6 is 46.4 Å². The van der Waals surface area contributed by atoms with Crippen LogP contribution in [0.5, 0.6) is 0 Å². The zero-order chi connectivity index (χ0) is 30.4. The van der Waals surface area contributed by atoms with Crippen LogP contribution in [-0.4, -0.2) is 28.5 Å². The van der Waals surface area contributed by atoms with E-state index in [-0.39, 0.29) is 10.7 Å². The summed E-state index contributed by atoms with van der Waals surface area (Å²) >= 11 is 24.2. The van der Waals surface area contributed by atoms with Crippen LogP contribution in [0.25, 0.3) is 0 Å². The van der Waals surface area contributed by atoms with Gasteiger partial charge in [0.15, 0.2) is 5.82 Å². The molecular formula is C25H13Cl4F6N3O3. The number of carbonyl (C=O) groups excluding carboxylic acids is 3. The maximum atomic E-state index is 14.7. The van der Waals surface area contributed by atoms with Crippen LogP contribution in [0.3, 0.4) is 0 Å². The minimum Gasteiger partial charge on any atom is -0.326 e. The Balaban J connectivity index is 1.55. The van der Waals surface area contributed by atoms with Crippen molar-refractivity contribution in [3.05, 3.63) is 86.9 Å². The Hall–Kier alpha value is -3.19. The maximum Gasteiger partial charge on any atom is 0.315 e. The third-order valence-electron chi connectivity index (χ3n) is 5.96. The normalized spacial score (nSPS) is 17.2. The highest BCUT2D eigenvalue weighted by Crippen LogP contribution is 2.65. The lowest BCUT2D eigenvalue weighted by atomic mass is 10.1. The number of amides is 3. The van der Waals surface area contributed by atoms with Gasteiger partial charge in [-0.05, 0) is 42.0 Å². The Kier molecular flexibility index (Phi) is 8.70. The quantitative estimate of drug-likeness (QED) is 0.181. The molecule has 3 aromatic rings. The predicted molar refractivity (Wildman–Crippen MR) is 141 cm³/mol. The number of halogens is 10. The summed E-state index contributed by atoms with van der Waals surface area (Å²) in [6.45, 7) is 0. The van der Waals surface area contributed by atoms with Crippen molar-refractivity contribution >= 4 is 81.2 Å². The Labute approximate surface area is 246 Å². The van der Waals surface area contributed by atoms with Crippen LogP contribution in [0.2, 0.25) is 10.0 Å². The molecule has 216 valence electrons. The van der Waals surface area contributed by atoms with Gasteiger partial charge in [-0.25, -0.2) is 17.6 Å². The van der Waals surface area contributed by atoms with Crippen LogP contribution in [0.4, 0.5) is 43.4 Å². The van der Waals surface area contributed by atoms with Gasteiger partial charge in [0, 0.05) is 11.6 Å². The molecule has 0 radical (unpaired) electrons. The molecule has 6 nitrogen and oxygen atoms in total. The second-order valence-corrected chi connectivity index (χ2v) is 10.9. The summed E-state index contributed by atoms with van der Waals surface area (Å²) in [5.74, 6) is -10.9. The summed E-state index contributed by atoms with van der Waals surface area (Å²) in [5, 5.41) is 4.68. The van der Waals surface area contributed by atoms with Crippen molar-refractivity contribution in [3.63, 3.8) is 0 Å². The summed E-state index contributed by atoms with van der Waals surface area (Å²) in [7, 11) is 0. The van der Waals surface area contributed by atoms with Gasteiger partial charge in [0.1, 0.15) is 27.5 Å². The van der Waals surface area contributed by atoms with Gasteiger partial charge in [-0.2, -0.15) is 8.78 Å². The van der Waals surface area contributed by atoms with Gasteiger partial charge in [0.2, 0.25) is 5.91 Å². The number of anilines is 3. The molecule has 4 rings (SSSR count). The van der Waals surface area contributed by atoms with E-state index < -0.39 is 85.5 Å². The van der Waals surface area contributed by atoms with Crippen molar-refractivity contribution in [1.29, 1.82) is 0 Å². The Bertz CT molecular complexity index is 1590. The number of rotatable bonds is 7. The van der Waals surface area contributed by atoms with Gasteiger partial charge in [0.25, 0.3) is 11.8 Å². The Morgan fingerprint density at radius 3 is 2.12 bits per heavy atom. The second kappa shape index (κ2) is 11.6. The number of benzene rings is 3. The lowest BCUT2D eigenvalue weighted by Crippen LogP contribution is -2.22. The highest BCUT2D eigenvalue weighted by atomic mass is 35.5. The smallest absolute Gasteiger partial charge is 0.315 e. The minimum atomic E-state index is -3.59. The largest absolute Gasteiger partial charge is 0.326 e. The van der Waals surface area contributed by atoms with Crippen molar-refractivity contribution < 1.29 is 40.7 Å². The summed E-state index contributed by atoms with van der Waals surface area (Å²) in [6.07, 6.45) is -3.59. The highest BCUT2D eigenvalue weighted by molar-refractivity contribution is 6.53. The maximum absolute atomic E-state index is 14.7. The standard InChI is InChI=1S/C25H13Cl4F6N3O3/c26-11-5-8(1-2-12(11)30)16-17(25(16,28)29)23(40)36-9-6-10(18(27)14(32)7-9)22(39)37-15-4-3-13(31)20(19(15)33)38-24(41)21(34)35/h1-7,16-17,21H,(H,36,40)(H,37,39)(H,38,41)/t16-,17+/m0/s1. The number of hydrogen-bond donors (Lipinski definition) is 3. The van der Waals surface area contributed by atoms with E-state index in [2.05, 4.69) is 5.32 Å². The van der Waals surface area contributed by atoms with E-state index >= 15 is 0 Å². The molecule has 1 aliphatic rings. The van der Waals surface area contributed by atoms with Crippen LogP contribution < -0.4 is 16.0 Å². The molecule has 3 amide bonds. The second-order valence-electron chi connectivity index (χ2n) is 8.64. The molecule has 1 saturated carbocycles. The summed E-state index contributed by atoms with van der Waals surface area (Å²) in [6, 6.07) is 6.63. The zero-order valence-corrected chi connectivity index (χ0v) is 22.8. The van der Waals surface area contributed by atoms with Crippen molar-refractivity contribution in [2.75, 3.05) is 16.0 Å². The summed E-state index contributed by atoms with van der Waals surface area (Å²) in [5.41, 5.74) is -2.60. The van der Waals surface area contributed by atoms with Gasteiger partial charge >= 0.3 is 6.43 Å². The molecular weight excluding hydrogens is 646 g/mol. The van der Waals surface area contributed by atoms with Crippen molar-refractivity contribution in [2.45, 2.75) is 16.7 Å². The SMILES string of the molecule is O=C(Nc1ccc(F)c(NC(=O)C(F)F)c1F)c1cc(NC(=O)[C@H]2[C@H](c3ccc(F)c(Cl)c3)C2(Cl)Cl)cc(F)c1Cl. The van der Waals surface area contributed by atoms with Crippen LogP contribution in [0, 0.1) is 29.2 Å². The monoisotopic (exact) mass is 657 g/mol. The molecule has 3 N–H and O–H groups in total. The van der Waals surface area contributed by atoms with E-state index in [1.807, 2.05) is 5.32 Å². The number of nitrogens with one attached hydrogen (secondary N) is 3. The lowest BCUT2D eigenvalue weighted by Gasteiger charge is -2.14. The fourth-order valence-electron chi connectivity index (χ4n) is 3.95. The average molecular weight is 659 g/mol. The fourth-order valence-corrected chi connectivity index (χ4v) is 5.16. The first-order valence-corrected chi connectivity index (χ1v) is 12.7. The van der Waals surface area contributed by atoms with E-state index in [0.29, 0.717) is 17.7 Å². The highest BCUT2D eigenvalue weighted by Gasteiger charge is 2.67.